The van der Waals surface area contributed by atoms with Crippen molar-refractivity contribution in [1.29, 1.82) is 0 Å². The maximum absolute atomic E-state index is 12.5. The second kappa shape index (κ2) is 4.39. The Hall–Kier alpha value is -1.43. The molecule has 0 aliphatic carbocycles. The van der Waals surface area contributed by atoms with Gasteiger partial charge in [0.2, 0.25) is 5.43 Å². The summed E-state index contributed by atoms with van der Waals surface area (Å²) >= 11 is 5.04. The Kier molecular flexibility index (Phi) is 3.41. The van der Waals surface area contributed by atoms with Crippen LogP contribution in [0.25, 0.3) is 0 Å². The summed E-state index contributed by atoms with van der Waals surface area (Å²) in [5.41, 5.74) is -2.64. The van der Waals surface area contributed by atoms with E-state index in [0.717, 1.165) is 13.3 Å². The zero-order chi connectivity index (χ0) is 11.6. The van der Waals surface area contributed by atoms with E-state index in [1.807, 2.05) is 0 Å². The van der Waals surface area contributed by atoms with Gasteiger partial charge in [-0.15, -0.1) is 0 Å². The van der Waals surface area contributed by atoms with E-state index in [4.69, 9.17) is 11.6 Å². The van der Waals surface area contributed by atoms with Gasteiger partial charge in [-0.3, -0.25) is 9.59 Å². The number of pyridine rings is 1. The third-order valence-electron chi connectivity index (χ3n) is 1.72. The summed E-state index contributed by atoms with van der Waals surface area (Å²) in [6.07, 6.45) is -2.09. The lowest BCUT2D eigenvalue weighted by Gasteiger charge is -2.06. The van der Waals surface area contributed by atoms with Gasteiger partial charge in [0, 0.05) is 6.20 Å². The lowest BCUT2D eigenvalue weighted by Crippen LogP contribution is -2.17. The van der Waals surface area contributed by atoms with E-state index >= 15 is 0 Å². The zero-order valence-corrected chi connectivity index (χ0v) is 8.27. The highest BCUT2D eigenvalue weighted by Gasteiger charge is 2.23. The predicted octanol–water partition coefficient (Wildman–Crippen LogP) is 1.70. The third kappa shape index (κ3) is 2.15. The summed E-state index contributed by atoms with van der Waals surface area (Å²) in [6.45, 7) is 0. The van der Waals surface area contributed by atoms with Crippen molar-refractivity contribution in [2.24, 2.45) is 0 Å². The van der Waals surface area contributed by atoms with Gasteiger partial charge in [-0.1, -0.05) is 0 Å². The summed E-state index contributed by atoms with van der Waals surface area (Å²) in [5.74, 6) is -0.299. The van der Waals surface area contributed by atoms with E-state index in [2.05, 4.69) is 9.72 Å². The highest BCUT2D eigenvalue weighted by atomic mass is 35.5. The molecule has 0 bridgehead atoms. The van der Waals surface area contributed by atoms with Crippen LogP contribution in [0.4, 0.5) is 8.78 Å². The van der Waals surface area contributed by atoms with E-state index in [1.54, 1.807) is 0 Å². The number of H-pyrrole nitrogens is 1. The van der Waals surface area contributed by atoms with Crippen LogP contribution >= 0.6 is 11.6 Å². The molecule has 0 unspecified atom stereocenters. The van der Waals surface area contributed by atoms with E-state index in [0.29, 0.717) is 0 Å². The van der Waals surface area contributed by atoms with E-state index < -0.39 is 28.4 Å². The first-order chi connectivity index (χ1) is 6.99. The Balaban J connectivity index is 3.52. The van der Waals surface area contributed by atoms with Crippen LogP contribution < -0.4 is 10.2 Å². The molecule has 0 aliphatic heterocycles. The van der Waals surface area contributed by atoms with Gasteiger partial charge in [0.1, 0.15) is 5.69 Å². The van der Waals surface area contributed by atoms with Crippen molar-refractivity contribution in [3.63, 3.8) is 0 Å². The van der Waals surface area contributed by atoms with E-state index in [-0.39, 0.29) is 5.75 Å². The van der Waals surface area contributed by atoms with Gasteiger partial charge in [0.25, 0.3) is 11.7 Å². The Morgan fingerprint density at radius 2 is 2.20 bits per heavy atom. The van der Waals surface area contributed by atoms with Crippen molar-refractivity contribution >= 4 is 16.8 Å². The number of methoxy groups -OCH3 is 1. The van der Waals surface area contributed by atoms with Crippen LogP contribution in [0.3, 0.4) is 0 Å². The van der Waals surface area contributed by atoms with Crippen molar-refractivity contribution in [2.45, 2.75) is 6.43 Å². The molecule has 1 aromatic heterocycles. The molecular weight excluding hydrogens is 232 g/mol. The van der Waals surface area contributed by atoms with Crippen LogP contribution in [0, 0.1) is 0 Å². The van der Waals surface area contributed by atoms with Crippen LogP contribution in [0.2, 0.25) is 0 Å². The van der Waals surface area contributed by atoms with Gasteiger partial charge in [0.15, 0.2) is 5.75 Å². The number of rotatable bonds is 3. The monoisotopic (exact) mass is 237 g/mol. The minimum Gasteiger partial charge on any atom is -0.491 e. The fraction of sp³-hybridized carbons (Fsp3) is 0.250. The van der Waals surface area contributed by atoms with Crippen molar-refractivity contribution in [3.05, 3.63) is 27.7 Å². The molecule has 82 valence electrons. The number of aromatic nitrogens is 1. The summed E-state index contributed by atoms with van der Waals surface area (Å²) < 4.78 is 29.5. The number of alkyl halides is 2. The van der Waals surface area contributed by atoms with Gasteiger partial charge < -0.3 is 9.72 Å². The van der Waals surface area contributed by atoms with Crippen molar-refractivity contribution in [2.75, 3.05) is 7.11 Å². The number of aromatic amines is 1. The average molecular weight is 238 g/mol. The molecule has 0 saturated carbocycles. The highest BCUT2D eigenvalue weighted by molar-refractivity contribution is 6.67. The largest absolute Gasteiger partial charge is 0.491 e. The minimum atomic E-state index is -3.10. The summed E-state index contributed by atoms with van der Waals surface area (Å²) in [4.78, 5) is 24.3. The van der Waals surface area contributed by atoms with E-state index in [9.17, 15) is 18.4 Å². The zero-order valence-electron chi connectivity index (χ0n) is 7.51. The molecular formula is C8H6ClF2NO3. The van der Waals surface area contributed by atoms with Crippen molar-refractivity contribution < 1.29 is 18.3 Å². The number of nitrogens with one attached hydrogen (secondary N) is 1. The van der Waals surface area contributed by atoms with Crippen LogP contribution in [0.1, 0.15) is 22.5 Å². The Bertz CT molecular complexity index is 444. The number of hydrogen-bond donors (Lipinski definition) is 1. The van der Waals surface area contributed by atoms with Crippen molar-refractivity contribution in [1.82, 2.24) is 4.98 Å². The standard InChI is InChI=1S/C8H6ClF2NO3/c1-15-3-2-12-5(7(9)14)4(6(3)13)8(10)11/h2,8H,1H3,(H,12,13). The minimum absolute atomic E-state index is 0.299. The van der Waals surface area contributed by atoms with Crippen molar-refractivity contribution in [3.8, 4) is 5.75 Å². The lowest BCUT2D eigenvalue weighted by atomic mass is 10.2. The summed E-state index contributed by atoms with van der Waals surface area (Å²) in [5, 5.41) is -1.15. The molecule has 0 amide bonds. The van der Waals surface area contributed by atoms with Crippen LogP contribution in [0.15, 0.2) is 11.0 Å². The van der Waals surface area contributed by atoms with Crippen LogP contribution in [-0.2, 0) is 0 Å². The average Bonchev–Trinajstić information content (AvgIpc) is 2.16. The molecule has 0 aromatic carbocycles. The third-order valence-corrected chi connectivity index (χ3v) is 1.91. The number of ether oxygens (including phenoxy) is 1. The SMILES string of the molecule is COc1c[nH]c(C(=O)Cl)c(C(F)F)c1=O. The van der Waals surface area contributed by atoms with Gasteiger partial charge >= 0.3 is 0 Å². The normalized spacial score (nSPS) is 10.5. The first-order valence-electron chi connectivity index (χ1n) is 3.76. The first kappa shape index (κ1) is 11.6. The molecule has 1 N–H and O–H groups in total. The molecule has 0 fully saturated rings. The molecule has 4 nitrogen and oxygen atoms in total. The lowest BCUT2D eigenvalue weighted by molar-refractivity contribution is 0.105. The van der Waals surface area contributed by atoms with Gasteiger partial charge in [-0.05, 0) is 11.6 Å². The molecule has 0 spiro atoms. The molecule has 1 rings (SSSR count). The molecule has 1 aromatic rings. The summed E-state index contributed by atoms with van der Waals surface area (Å²) in [7, 11) is 1.15. The smallest absolute Gasteiger partial charge is 0.269 e. The Morgan fingerprint density at radius 1 is 1.60 bits per heavy atom. The highest BCUT2D eigenvalue weighted by Crippen LogP contribution is 2.21. The second-order valence-corrected chi connectivity index (χ2v) is 2.89. The molecule has 0 radical (unpaired) electrons. The first-order valence-corrected chi connectivity index (χ1v) is 4.14. The fourth-order valence-electron chi connectivity index (χ4n) is 1.05. The maximum Gasteiger partial charge on any atom is 0.269 e. The van der Waals surface area contributed by atoms with Gasteiger partial charge in [-0.25, -0.2) is 8.78 Å². The maximum atomic E-state index is 12.5. The molecule has 1 heterocycles. The van der Waals surface area contributed by atoms with Gasteiger partial charge in [0.05, 0.1) is 12.7 Å². The number of carbonyl (C=O) groups is 1. The molecule has 0 saturated heterocycles. The quantitative estimate of drug-likeness (QED) is 0.814. The van der Waals surface area contributed by atoms with Crippen LogP contribution in [-0.4, -0.2) is 17.3 Å². The number of halogens is 3. The Morgan fingerprint density at radius 3 is 2.60 bits per heavy atom. The van der Waals surface area contributed by atoms with Gasteiger partial charge in [-0.2, -0.15) is 0 Å². The topological polar surface area (TPSA) is 59.2 Å². The van der Waals surface area contributed by atoms with Crippen LogP contribution in [0.5, 0.6) is 5.75 Å². The second-order valence-electron chi connectivity index (χ2n) is 2.55. The summed E-state index contributed by atoms with van der Waals surface area (Å²) in [6, 6.07) is 0. The number of carbonyl (C=O) groups excluding carboxylic acids is 1. The fourth-order valence-corrected chi connectivity index (χ4v) is 1.21. The Labute approximate surface area is 87.8 Å². The molecule has 7 heteroatoms. The number of hydrogen-bond acceptors (Lipinski definition) is 3. The molecule has 0 aliphatic rings. The molecule has 0 atom stereocenters. The predicted molar refractivity (Wildman–Crippen MR) is 48.8 cm³/mol. The molecule has 15 heavy (non-hydrogen) atoms. The van der Waals surface area contributed by atoms with E-state index in [1.165, 1.54) is 0 Å².